The predicted octanol–water partition coefficient (Wildman–Crippen LogP) is 2.59. The molecule has 0 aliphatic rings. The molecule has 0 rings (SSSR count). The Hall–Kier alpha value is -0.530. The Labute approximate surface area is 49.1 Å². The fourth-order valence-electron chi connectivity index (χ4n) is 0.426. The topological polar surface area (TPSA) is 9.23 Å². The molecule has 8 heavy (non-hydrogen) atoms. The third-order valence-corrected chi connectivity index (χ3v) is 0.872. The largest absolute Gasteiger partial charge is 0.303 e. The van der Waals surface area contributed by atoms with E-state index in [-0.39, 0.29) is 0 Å². The Morgan fingerprint density at radius 3 is 2.88 bits per heavy atom. The molecule has 0 fully saturated rings. The van der Waals surface area contributed by atoms with Gasteiger partial charge in [-0.15, -0.1) is 0 Å². The van der Waals surface area contributed by atoms with Crippen LogP contribution in [0.3, 0.4) is 0 Å². The van der Waals surface area contributed by atoms with Crippen LogP contribution in [0, 0.1) is 0 Å². The molecule has 0 bridgehead atoms. The van der Waals surface area contributed by atoms with Gasteiger partial charge >= 0.3 is 0 Å². The maximum atomic E-state index is 10.8. The molecule has 0 spiro atoms. The van der Waals surface area contributed by atoms with Crippen LogP contribution >= 0.6 is 0 Å². The molecule has 0 aliphatic carbocycles. The molecule has 0 aromatic rings. The maximum Gasteiger partial charge on any atom is 0.132 e. The van der Waals surface area contributed by atoms with Gasteiger partial charge in [0.25, 0.3) is 0 Å². The number of rotatable bonds is 4. The van der Waals surface area contributed by atoms with Gasteiger partial charge in [-0.3, -0.25) is 0 Å². The molecule has 0 saturated carbocycles. The van der Waals surface area contributed by atoms with Crippen LogP contribution in [0.15, 0.2) is 12.3 Å². The summed E-state index contributed by atoms with van der Waals surface area (Å²) in [6.45, 7) is 2.09. The zero-order valence-electron chi connectivity index (χ0n) is 5.06. The van der Waals surface area contributed by atoms with Crippen molar-refractivity contribution in [1.82, 2.24) is 0 Å². The summed E-state index contributed by atoms with van der Waals surface area (Å²) in [5.74, 6) is 0. The van der Waals surface area contributed by atoms with Gasteiger partial charge in [-0.2, -0.15) is 0 Å². The first kappa shape index (κ1) is 7.47. The van der Waals surface area contributed by atoms with Gasteiger partial charge in [0.2, 0.25) is 0 Å². The minimum absolute atomic E-state index is 0.903. The van der Waals surface area contributed by atoms with Crippen molar-refractivity contribution in [2.24, 2.45) is 0 Å². The van der Waals surface area contributed by atoms with Crippen LogP contribution in [0.25, 0.3) is 0 Å². The van der Waals surface area contributed by atoms with Crippen LogP contribution in [-0.4, -0.2) is 0 Å². The van der Waals surface area contributed by atoms with E-state index in [1.165, 1.54) is 0 Å². The fraction of sp³-hybridized carbons (Fsp3) is 0.667. The van der Waals surface area contributed by atoms with Crippen LogP contribution in [0.5, 0.6) is 0 Å². The van der Waals surface area contributed by atoms with Crippen molar-refractivity contribution in [3.05, 3.63) is 12.3 Å². The molecule has 0 aromatic heterocycles. The summed E-state index contributed by atoms with van der Waals surface area (Å²) in [4.78, 5) is 3.21. The van der Waals surface area contributed by atoms with Gasteiger partial charge in [-0.1, -0.05) is 13.3 Å². The summed E-state index contributed by atoms with van der Waals surface area (Å²) >= 11 is 0. The van der Waals surface area contributed by atoms with Gasteiger partial charge in [-0.25, -0.2) is 0 Å². The zero-order valence-corrected chi connectivity index (χ0v) is 5.06. The van der Waals surface area contributed by atoms with E-state index in [9.17, 15) is 4.53 Å². The van der Waals surface area contributed by atoms with Crippen LogP contribution in [-0.2, 0) is 4.94 Å². The highest BCUT2D eigenvalue weighted by molar-refractivity contribution is 4.71. The quantitative estimate of drug-likeness (QED) is 0.407. The standard InChI is InChI=1S/C6H11FO/c1-2-3-4-5-6-8-7/h5-6H,2-4H2,1H3. The van der Waals surface area contributed by atoms with E-state index in [4.69, 9.17) is 0 Å². The highest BCUT2D eigenvalue weighted by atomic mass is 19.3. The molecule has 1 nitrogen and oxygen atoms in total. The molecule has 2 heteroatoms. The van der Waals surface area contributed by atoms with E-state index >= 15 is 0 Å². The summed E-state index contributed by atoms with van der Waals surface area (Å²) in [5.41, 5.74) is 0. The van der Waals surface area contributed by atoms with Gasteiger partial charge in [0.05, 0.1) is 0 Å². The second-order valence-electron chi connectivity index (χ2n) is 1.60. The monoisotopic (exact) mass is 118 g/mol. The lowest BCUT2D eigenvalue weighted by atomic mass is 10.2. The van der Waals surface area contributed by atoms with Gasteiger partial charge < -0.3 is 4.94 Å². The second kappa shape index (κ2) is 6.47. The Balaban J connectivity index is 2.80. The molecular formula is C6H11FO. The normalized spacial score (nSPS) is 10.2. The van der Waals surface area contributed by atoms with Crippen LogP contribution in [0.1, 0.15) is 26.2 Å². The van der Waals surface area contributed by atoms with Crippen LogP contribution in [0.2, 0.25) is 0 Å². The lowest BCUT2D eigenvalue weighted by Crippen LogP contribution is -1.65. The summed E-state index contributed by atoms with van der Waals surface area (Å²) in [6, 6.07) is 0. The summed E-state index contributed by atoms with van der Waals surface area (Å²) < 4.78 is 10.8. The highest BCUT2D eigenvalue weighted by Gasteiger charge is 1.76. The molecule has 0 saturated heterocycles. The second-order valence-corrected chi connectivity index (χ2v) is 1.60. The number of hydrogen-bond acceptors (Lipinski definition) is 1. The van der Waals surface area contributed by atoms with Crippen molar-refractivity contribution in [3.8, 4) is 0 Å². The summed E-state index contributed by atoms with van der Waals surface area (Å²) in [5, 5.41) is 0. The highest BCUT2D eigenvalue weighted by Crippen LogP contribution is 1.94. The first-order valence-corrected chi connectivity index (χ1v) is 2.84. The van der Waals surface area contributed by atoms with Crippen molar-refractivity contribution < 1.29 is 9.47 Å². The Kier molecular flexibility index (Phi) is 6.04. The lowest BCUT2D eigenvalue weighted by Gasteiger charge is -1.84. The van der Waals surface area contributed by atoms with Gasteiger partial charge in [0.15, 0.2) is 0 Å². The SMILES string of the molecule is CCCCC=COF. The number of unbranched alkanes of at least 4 members (excludes halogenated alkanes) is 2. The minimum Gasteiger partial charge on any atom is -0.303 e. The molecule has 0 heterocycles. The molecule has 0 unspecified atom stereocenters. The lowest BCUT2D eigenvalue weighted by molar-refractivity contribution is -0.0621. The van der Waals surface area contributed by atoms with Gasteiger partial charge in [0, 0.05) is 4.53 Å². The third-order valence-electron chi connectivity index (χ3n) is 0.872. The molecular weight excluding hydrogens is 107 g/mol. The van der Waals surface area contributed by atoms with E-state index in [2.05, 4.69) is 11.9 Å². The Morgan fingerprint density at radius 2 is 2.38 bits per heavy atom. The molecule has 0 radical (unpaired) electrons. The molecule has 0 aliphatic heterocycles. The third kappa shape index (κ3) is 5.47. The molecule has 0 aromatic carbocycles. The molecule has 0 N–H and O–H groups in total. The Bertz CT molecular complexity index is 61.5. The maximum absolute atomic E-state index is 10.8. The van der Waals surface area contributed by atoms with Gasteiger partial charge in [-0.05, 0) is 18.9 Å². The average molecular weight is 118 g/mol. The predicted molar refractivity (Wildman–Crippen MR) is 30.9 cm³/mol. The zero-order chi connectivity index (χ0) is 6.24. The number of halogens is 1. The van der Waals surface area contributed by atoms with Crippen LogP contribution in [0.4, 0.5) is 4.53 Å². The van der Waals surface area contributed by atoms with Crippen LogP contribution < -0.4 is 0 Å². The first-order valence-electron chi connectivity index (χ1n) is 2.84. The van der Waals surface area contributed by atoms with E-state index < -0.39 is 0 Å². The van der Waals surface area contributed by atoms with Gasteiger partial charge in [0.1, 0.15) is 6.26 Å². The van der Waals surface area contributed by atoms with Crippen molar-refractivity contribution >= 4 is 0 Å². The van der Waals surface area contributed by atoms with E-state index in [0.29, 0.717) is 0 Å². The first-order chi connectivity index (χ1) is 3.91. The summed E-state index contributed by atoms with van der Waals surface area (Å²) in [6.07, 6.45) is 5.87. The minimum atomic E-state index is 0.903. The van der Waals surface area contributed by atoms with Crippen molar-refractivity contribution in [3.63, 3.8) is 0 Å². The number of allylic oxidation sites excluding steroid dienone is 1. The van der Waals surface area contributed by atoms with E-state index in [1.807, 2.05) is 0 Å². The smallest absolute Gasteiger partial charge is 0.132 e. The van der Waals surface area contributed by atoms with Crippen molar-refractivity contribution in [2.45, 2.75) is 26.2 Å². The van der Waals surface area contributed by atoms with Crippen molar-refractivity contribution in [1.29, 1.82) is 0 Å². The fourth-order valence-corrected chi connectivity index (χ4v) is 0.426. The Morgan fingerprint density at radius 1 is 1.62 bits per heavy atom. The van der Waals surface area contributed by atoms with E-state index in [1.54, 1.807) is 6.08 Å². The van der Waals surface area contributed by atoms with Crippen molar-refractivity contribution in [2.75, 3.05) is 0 Å². The molecule has 48 valence electrons. The summed E-state index contributed by atoms with van der Waals surface area (Å²) in [7, 11) is 0. The molecule has 0 amide bonds. The molecule has 0 atom stereocenters. The number of hydrogen-bond donors (Lipinski definition) is 0. The average Bonchev–Trinajstić information content (AvgIpc) is 1.81. The van der Waals surface area contributed by atoms with E-state index in [0.717, 1.165) is 25.5 Å².